The summed E-state index contributed by atoms with van der Waals surface area (Å²) >= 11 is 0. The van der Waals surface area contributed by atoms with Crippen LogP contribution in [0.3, 0.4) is 0 Å². The maximum atomic E-state index is 14.3. The fraction of sp³-hybridized carbons (Fsp3) is 0.576. The van der Waals surface area contributed by atoms with E-state index in [1.165, 1.54) is 64.0 Å². The molecule has 2 atom stereocenters. The van der Waals surface area contributed by atoms with Gasteiger partial charge in [0.05, 0.1) is 28.4 Å². The Bertz CT molecular complexity index is 1360. The third kappa shape index (κ3) is 6.54. The summed E-state index contributed by atoms with van der Waals surface area (Å²) in [4.78, 5) is 31.0. The number of benzene rings is 2. The normalized spacial score (nSPS) is 23.6. The Kier molecular flexibility index (Phi) is 8.90. The first-order valence-electron chi connectivity index (χ1n) is 15.4. The van der Waals surface area contributed by atoms with Crippen LogP contribution in [0.1, 0.15) is 84.5 Å². The van der Waals surface area contributed by atoms with Gasteiger partial charge in [-0.05, 0) is 80.0 Å². The van der Waals surface area contributed by atoms with Crippen LogP contribution in [-0.2, 0) is 19.4 Å². The molecule has 2 aromatic rings. The van der Waals surface area contributed by atoms with Gasteiger partial charge in [0.1, 0.15) is 0 Å². The number of fused-ring (bicyclic) bond motifs is 1. The largest absolute Gasteiger partial charge is 0.307 e. The van der Waals surface area contributed by atoms with Crippen LogP contribution >= 0.6 is 0 Å². The minimum absolute atomic E-state index is 0.0487. The first kappa shape index (κ1) is 29.8. The summed E-state index contributed by atoms with van der Waals surface area (Å²) in [6.07, 6.45) is 14.7. The Morgan fingerprint density at radius 1 is 0.854 bits per heavy atom. The van der Waals surface area contributed by atoms with E-state index in [9.17, 15) is 18.0 Å². The molecule has 0 aromatic heterocycles. The monoisotopic (exact) mass is 579 g/mol. The minimum atomic E-state index is -3.30. The molecule has 41 heavy (non-hydrogen) atoms. The number of hydrogen-bond donors (Lipinski definition) is 1. The van der Waals surface area contributed by atoms with Crippen molar-refractivity contribution in [3.05, 3.63) is 42.5 Å². The van der Waals surface area contributed by atoms with Crippen LogP contribution in [-0.4, -0.2) is 51.7 Å². The van der Waals surface area contributed by atoms with Crippen LogP contribution in [0.2, 0.25) is 0 Å². The number of nitrogens with one attached hydrogen (secondary N) is 1. The number of hydrogen-bond acceptors (Lipinski definition) is 5. The van der Waals surface area contributed by atoms with Gasteiger partial charge in [0.2, 0.25) is 11.8 Å². The number of rotatable bonds is 3. The van der Waals surface area contributed by atoms with Crippen molar-refractivity contribution in [2.24, 2.45) is 5.41 Å². The molecular formula is C33H45N3O4S. The van der Waals surface area contributed by atoms with Crippen molar-refractivity contribution in [1.82, 2.24) is 5.32 Å². The van der Waals surface area contributed by atoms with Gasteiger partial charge in [0, 0.05) is 19.7 Å². The van der Waals surface area contributed by atoms with E-state index in [0.29, 0.717) is 6.54 Å². The van der Waals surface area contributed by atoms with Crippen LogP contribution in [0.15, 0.2) is 47.4 Å². The van der Waals surface area contributed by atoms with Gasteiger partial charge in [-0.1, -0.05) is 63.1 Å². The molecule has 2 aromatic carbocycles. The van der Waals surface area contributed by atoms with Crippen molar-refractivity contribution in [3.63, 3.8) is 0 Å². The molecule has 5 rings (SSSR count). The highest BCUT2D eigenvalue weighted by molar-refractivity contribution is 7.90. The summed E-state index contributed by atoms with van der Waals surface area (Å²) < 4.78 is 23.9. The van der Waals surface area contributed by atoms with Crippen molar-refractivity contribution in [3.8, 4) is 11.1 Å². The number of nitrogens with zero attached hydrogens (tertiary/aromatic N) is 2. The second-order valence-electron chi connectivity index (χ2n) is 12.6. The number of anilines is 2. The average Bonchev–Trinajstić information content (AvgIpc) is 2.95. The highest BCUT2D eigenvalue weighted by Gasteiger charge is 2.42. The van der Waals surface area contributed by atoms with Crippen LogP contribution < -0.4 is 15.1 Å². The zero-order chi connectivity index (χ0) is 29.2. The van der Waals surface area contributed by atoms with Gasteiger partial charge in [0.15, 0.2) is 9.84 Å². The number of amides is 2. The van der Waals surface area contributed by atoms with Crippen molar-refractivity contribution in [1.29, 1.82) is 0 Å². The molecular weight excluding hydrogens is 534 g/mol. The van der Waals surface area contributed by atoms with Gasteiger partial charge >= 0.3 is 0 Å². The molecule has 0 radical (unpaired) electrons. The third-order valence-corrected chi connectivity index (χ3v) is 10.7. The smallest absolute Gasteiger partial charge is 0.244 e. The summed E-state index contributed by atoms with van der Waals surface area (Å²) in [6.45, 7) is 4.87. The Labute approximate surface area is 245 Å². The molecule has 2 fully saturated rings. The average molecular weight is 580 g/mol. The van der Waals surface area contributed by atoms with Crippen molar-refractivity contribution >= 4 is 33.0 Å². The van der Waals surface area contributed by atoms with Crippen molar-refractivity contribution in [2.45, 2.75) is 101 Å². The Hall–Kier alpha value is -2.71. The first-order valence-corrected chi connectivity index (χ1v) is 17.3. The highest BCUT2D eigenvalue weighted by atomic mass is 32.2. The number of carbonyl (C=O) groups is 2. The summed E-state index contributed by atoms with van der Waals surface area (Å²) in [5, 5.41) is 3.57. The molecule has 1 spiro atoms. The van der Waals surface area contributed by atoms with E-state index < -0.39 is 9.84 Å². The summed E-state index contributed by atoms with van der Waals surface area (Å²) in [6, 6.07) is 12.3. The summed E-state index contributed by atoms with van der Waals surface area (Å²) in [5.74, 6) is 0.0365. The maximum absolute atomic E-state index is 14.3. The third-order valence-electron chi connectivity index (χ3n) is 9.53. The predicted octanol–water partition coefficient (Wildman–Crippen LogP) is 6.11. The van der Waals surface area contributed by atoms with Crippen LogP contribution in [0.4, 0.5) is 11.4 Å². The van der Waals surface area contributed by atoms with E-state index >= 15 is 0 Å². The second-order valence-corrected chi connectivity index (χ2v) is 14.6. The Morgan fingerprint density at radius 3 is 2.07 bits per heavy atom. The first-order chi connectivity index (χ1) is 19.6. The van der Waals surface area contributed by atoms with E-state index in [1.54, 1.807) is 36.1 Å². The predicted molar refractivity (Wildman–Crippen MR) is 165 cm³/mol. The topological polar surface area (TPSA) is 86.8 Å². The fourth-order valence-electron chi connectivity index (χ4n) is 7.33. The van der Waals surface area contributed by atoms with Crippen LogP contribution in [0.5, 0.6) is 0 Å². The molecule has 1 unspecified atom stereocenters. The molecule has 1 saturated heterocycles. The fourth-order valence-corrected chi connectivity index (χ4v) is 7.96. The molecule has 1 saturated carbocycles. The molecule has 2 heterocycles. The molecule has 2 aliphatic heterocycles. The lowest BCUT2D eigenvalue weighted by Gasteiger charge is -2.45. The number of carbonyl (C=O) groups excluding carboxylic acids is 2. The van der Waals surface area contributed by atoms with Crippen LogP contribution in [0, 0.1) is 5.41 Å². The molecule has 8 heteroatoms. The van der Waals surface area contributed by atoms with Gasteiger partial charge in [-0.2, -0.15) is 0 Å². The lowest BCUT2D eigenvalue weighted by Crippen LogP contribution is -2.58. The number of sulfone groups is 1. The maximum Gasteiger partial charge on any atom is 0.244 e. The van der Waals surface area contributed by atoms with Gasteiger partial charge < -0.3 is 15.1 Å². The lowest BCUT2D eigenvalue weighted by molar-refractivity contribution is -0.123. The molecule has 7 nitrogen and oxygen atoms in total. The summed E-state index contributed by atoms with van der Waals surface area (Å²) in [5.41, 5.74) is 3.43. The van der Waals surface area contributed by atoms with Gasteiger partial charge in [-0.3, -0.25) is 9.59 Å². The van der Waals surface area contributed by atoms with E-state index in [4.69, 9.17) is 0 Å². The molecule has 1 aliphatic carbocycles. The molecule has 3 aliphatic rings. The zero-order valence-electron chi connectivity index (χ0n) is 24.8. The van der Waals surface area contributed by atoms with E-state index in [1.807, 2.05) is 30.0 Å². The Morgan fingerprint density at radius 2 is 1.46 bits per heavy atom. The highest BCUT2D eigenvalue weighted by Crippen LogP contribution is 2.44. The minimum Gasteiger partial charge on any atom is -0.307 e. The van der Waals surface area contributed by atoms with Gasteiger partial charge in [0.25, 0.3) is 0 Å². The van der Waals surface area contributed by atoms with Crippen molar-refractivity contribution < 1.29 is 18.0 Å². The Balaban J connectivity index is 1.46. The van der Waals surface area contributed by atoms with E-state index in [0.717, 1.165) is 41.9 Å². The zero-order valence-corrected chi connectivity index (χ0v) is 25.6. The van der Waals surface area contributed by atoms with Gasteiger partial charge in [-0.15, -0.1) is 0 Å². The second kappa shape index (κ2) is 12.3. The molecule has 2 amide bonds. The van der Waals surface area contributed by atoms with Gasteiger partial charge in [-0.25, -0.2) is 8.42 Å². The van der Waals surface area contributed by atoms with E-state index in [2.05, 4.69) is 5.32 Å². The lowest BCUT2D eigenvalue weighted by atomic mass is 9.68. The van der Waals surface area contributed by atoms with Crippen molar-refractivity contribution in [2.75, 3.05) is 29.1 Å². The SMILES string of the molecule is CC(=O)N1c2ccc(-c3ccc(S(C)(=O)=O)cc3)cc2N(C(=O)C2CC3(CCCCCCCCC3)CCN2)C[C@@H]1C. The number of piperidine rings is 1. The van der Waals surface area contributed by atoms with Crippen LogP contribution in [0.25, 0.3) is 11.1 Å². The van der Waals surface area contributed by atoms with E-state index in [-0.39, 0.29) is 34.2 Å². The summed E-state index contributed by atoms with van der Waals surface area (Å²) in [7, 11) is -3.30. The molecule has 0 bridgehead atoms. The molecule has 1 N–H and O–H groups in total. The molecule has 222 valence electrons. The quantitative estimate of drug-likeness (QED) is 0.474. The standard InChI is InChI=1S/C33H45N3O4S/c1-24-23-35(32(38)29-22-33(19-20-34-29)17-9-7-5-4-6-8-10-18-33)31-21-27(13-16-30(31)36(24)25(2)37)26-11-14-28(15-12-26)41(3,39)40/h11-16,21,24,29,34H,4-10,17-20,22-23H2,1-3H3/t24-,29?/m0/s1.